The molecule has 0 radical (unpaired) electrons. The maximum atomic E-state index is 12.5. The second kappa shape index (κ2) is 10.3. The van der Waals surface area contributed by atoms with Crippen LogP contribution in [0.5, 0.6) is 5.75 Å². The number of methoxy groups -OCH3 is 1. The van der Waals surface area contributed by atoms with Crippen LogP contribution in [0.2, 0.25) is 5.02 Å². The fourth-order valence-electron chi connectivity index (χ4n) is 3.27. The average Bonchev–Trinajstić information content (AvgIpc) is 2.78. The first-order valence-electron chi connectivity index (χ1n) is 10.1. The van der Waals surface area contributed by atoms with Gasteiger partial charge in [-0.1, -0.05) is 23.7 Å². The lowest BCUT2D eigenvalue weighted by Crippen LogP contribution is -2.13. The third-order valence-corrected chi connectivity index (χ3v) is 5.29. The molecule has 0 saturated heterocycles. The van der Waals surface area contributed by atoms with E-state index in [2.05, 4.69) is 4.74 Å². The minimum atomic E-state index is -0.508. The lowest BCUT2D eigenvalue weighted by atomic mass is 10.0. The van der Waals surface area contributed by atoms with E-state index in [0.717, 1.165) is 5.56 Å². The highest BCUT2D eigenvalue weighted by Crippen LogP contribution is 2.32. The van der Waals surface area contributed by atoms with Crippen molar-refractivity contribution in [1.29, 1.82) is 0 Å². The van der Waals surface area contributed by atoms with Gasteiger partial charge in [-0.3, -0.25) is 4.79 Å². The molecule has 0 saturated carbocycles. The number of ether oxygens (including phenoxy) is 3. The Kier molecular flexibility index (Phi) is 7.53. The number of carbonyl (C=O) groups is 2. The number of halogens is 1. The van der Waals surface area contributed by atoms with Crippen molar-refractivity contribution >= 4 is 34.5 Å². The summed E-state index contributed by atoms with van der Waals surface area (Å²) >= 11 is 6.41. The lowest BCUT2D eigenvalue weighted by molar-refractivity contribution is -0.143. The molecule has 0 bridgehead atoms. The number of rotatable bonds is 8. The van der Waals surface area contributed by atoms with Gasteiger partial charge in [-0.25, -0.2) is 9.59 Å². The van der Waals surface area contributed by atoms with Crippen molar-refractivity contribution in [2.75, 3.05) is 13.7 Å². The van der Waals surface area contributed by atoms with E-state index in [0.29, 0.717) is 38.4 Å². The Morgan fingerprint density at radius 1 is 1.12 bits per heavy atom. The van der Waals surface area contributed by atoms with Gasteiger partial charge in [0.05, 0.1) is 24.3 Å². The predicted molar refractivity (Wildman–Crippen MR) is 119 cm³/mol. The van der Waals surface area contributed by atoms with Crippen molar-refractivity contribution in [3.05, 3.63) is 74.1 Å². The molecule has 0 amide bonds. The number of carbonyl (C=O) groups excluding carboxylic acids is 2. The molecule has 0 aliphatic heterocycles. The van der Waals surface area contributed by atoms with Crippen LogP contribution in [0, 0.1) is 6.92 Å². The van der Waals surface area contributed by atoms with Gasteiger partial charge in [-0.15, -0.1) is 0 Å². The largest absolute Gasteiger partial charge is 0.487 e. The van der Waals surface area contributed by atoms with Crippen LogP contribution in [0.3, 0.4) is 0 Å². The fourth-order valence-corrected chi connectivity index (χ4v) is 3.48. The van der Waals surface area contributed by atoms with Crippen LogP contribution >= 0.6 is 11.6 Å². The zero-order chi connectivity index (χ0) is 23.3. The Morgan fingerprint density at radius 2 is 1.84 bits per heavy atom. The van der Waals surface area contributed by atoms with Gasteiger partial charge in [0.25, 0.3) is 0 Å². The summed E-state index contributed by atoms with van der Waals surface area (Å²) < 4.78 is 20.9. The topological polar surface area (TPSA) is 92.0 Å². The van der Waals surface area contributed by atoms with Gasteiger partial charge in [-0.05, 0) is 49.6 Å². The molecule has 0 aliphatic rings. The Morgan fingerprint density at radius 3 is 2.50 bits per heavy atom. The summed E-state index contributed by atoms with van der Waals surface area (Å²) in [5.41, 5.74) is 2.21. The van der Waals surface area contributed by atoms with Gasteiger partial charge >= 0.3 is 17.6 Å². The second-order valence-corrected chi connectivity index (χ2v) is 7.46. The number of aryl methyl sites for hydroxylation is 1. The summed E-state index contributed by atoms with van der Waals surface area (Å²) in [6, 6.07) is 10.0. The molecule has 0 spiro atoms. The van der Waals surface area contributed by atoms with E-state index in [-0.39, 0.29) is 32.0 Å². The highest BCUT2D eigenvalue weighted by Gasteiger charge is 2.16. The molecule has 1 aromatic heterocycles. The number of hydrogen-bond acceptors (Lipinski definition) is 7. The maximum absolute atomic E-state index is 12.5. The first-order valence-corrected chi connectivity index (χ1v) is 10.4. The van der Waals surface area contributed by atoms with E-state index < -0.39 is 11.6 Å². The Bertz CT molecular complexity index is 1200. The summed E-state index contributed by atoms with van der Waals surface area (Å²) in [6.07, 6.45) is 0.315. The molecular formula is C24H23ClO7. The van der Waals surface area contributed by atoms with E-state index in [1.807, 2.05) is 0 Å². The fraction of sp³-hybridized carbons (Fsp3) is 0.292. The van der Waals surface area contributed by atoms with Gasteiger partial charge in [0.2, 0.25) is 0 Å². The van der Waals surface area contributed by atoms with Crippen LogP contribution < -0.4 is 10.4 Å². The molecule has 0 unspecified atom stereocenters. The Balaban J connectivity index is 1.80. The van der Waals surface area contributed by atoms with Crippen molar-refractivity contribution in [3.8, 4) is 5.75 Å². The quantitative estimate of drug-likeness (QED) is 0.359. The molecule has 0 N–H and O–H groups in total. The summed E-state index contributed by atoms with van der Waals surface area (Å²) in [4.78, 5) is 35.6. The van der Waals surface area contributed by atoms with Crippen LogP contribution in [-0.4, -0.2) is 25.7 Å². The number of benzene rings is 2. The normalized spacial score (nSPS) is 10.8. The number of hydrogen-bond donors (Lipinski definition) is 0. The van der Waals surface area contributed by atoms with Crippen LogP contribution in [0.15, 0.2) is 45.6 Å². The van der Waals surface area contributed by atoms with Gasteiger partial charge in [0.1, 0.15) is 17.9 Å². The van der Waals surface area contributed by atoms with Gasteiger partial charge in [0, 0.05) is 23.4 Å². The van der Waals surface area contributed by atoms with Crippen molar-refractivity contribution in [3.63, 3.8) is 0 Å². The third-order valence-electron chi connectivity index (χ3n) is 4.99. The summed E-state index contributed by atoms with van der Waals surface area (Å²) in [7, 11) is 1.32. The maximum Gasteiger partial charge on any atom is 0.339 e. The molecule has 2 aromatic carbocycles. The van der Waals surface area contributed by atoms with Crippen molar-refractivity contribution in [2.24, 2.45) is 0 Å². The standard InChI is InChI=1S/C24H23ClO7/c1-4-30-22(26)10-9-17-14(2)18-11-19(25)21(12-20(18)32-24(17)28)31-13-15-5-7-16(8-6-15)23(27)29-3/h5-8,11-12H,4,9-10,13H2,1-3H3. The zero-order valence-electron chi connectivity index (χ0n) is 18.0. The Hall–Kier alpha value is -3.32. The van der Waals surface area contributed by atoms with Crippen LogP contribution in [0.25, 0.3) is 11.0 Å². The molecule has 168 valence electrons. The molecule has 8 heteroatoms. The molecule has 0 atom stereocenters. The molecule has 0 fully saturated rings. The summed E-state index contributed by atoms with van der Waals surface area (Å²) in [5, 5.41) is 1.03. The predicted octanol–water partition coefficient (Wildman–Crippen LogP) is 4.62. The molecule has 7 nitrogen and oxygen atoms in total. The van der Waals surface area contributed by atoms with Crippen molar-refractivity contribution in [2.45, 2.75) is 33.3 Å². The second-order valence-electron chi connectivity index (χ2n) is 7.05. The first kappa shape index (κ1) is 23.3. The zero-order valence-corrected chi connectivity index (χ0v) is 18.8. The summed E-state index contributed by atoms with van der Waals surface area (Å²) in [6.45, 7) is 4.01. The van der Waals surface area contributed by atoms with Gasteiger partial charge in [-0.2, -0.15) is 0 Å². The summed E-state index contributed by atoms with van der Waals surface area (Å²) in [5.74, 6) is -0.423. The highest BCUT2D eigenvalue weighted by atomic mass is 35.5. The first-order chi connectivity index (χ1) is 15.3. The van der Waals surface area contributed by atoms with Gasteiger partial charge < -0.3 is 18.6 Å². The monoisotopic (exact) mass is 458 g/mol. The van der Waals surface area contributed by atoms with Crippen LogP contribution in [-0.2, 0) is 27.3 Å². The minimum Gasteiger partial charge on any atom is -0.487 e. The third kappa shape index (κ3) is 5.29. The van der Waals surface area contributed by atoms with Crippen LogP contribution in [0.4, 0.5) is 0 Å². The smallest absolute Gasteiger partial charge is 0.339 e. The Labute approximate surface area is 189 Å². The minimum absolute atomic E-state index is 0.0919. The van der Waals surface area contributed by atoms with Crippen molar-refractivity contribution < 1.29 is 28.2 Å². The van der Waals surface area contributed by atoms with E-state index in [4.69, 9.17) is 25.5 Å². The van der Waals surface area contributed by atoms with E-state index >= 15 is 0 Å². The van der Waals surface area contributed by atoms with Gasteiger partial charge in [0.15, 0.2) is 0 Å². The van der Waals surface area contributed by atoms with Crippen LogP contribution in [0.1, 0.15) is 40.4 Å². The molecule has 0 aliphatic carbocycles. The average molecular weight is 459 g/mol. The molecule has 32 heavy (non-hydrogen) atoms. The van der Waals surface area contributed by atoms with E-state index in [1.165, 1.54) is 7.11 Å². The lowest BCUT2D eigenvalue weighted by Gasteiger charge is -2.12. The molecule has 1 heterocycles. The number of esters is 2. The molecular weight excluding hydrogens is 436 g/mol. The SMILES string of the molecule is CCOC(=O)CCc1c(C)c2cc(Cl)c(OCc3ccc(C(=O)OC)cc3)cc2oc1=O. The van der Waals surface area contributed by atoms with E-state index in [9.17, 15) is 14.4 Å². The van der Waals surface area contributed by atoms with E-state index in [1.54, 1.807) is 50.2 Å². The molecule has 3 aromatic rings. The van der Waals surface area contributed by atoms with Crippen molar-refractivity contribution in [1.82, 2.24) is 0 Å². The highest BCUT2D eigenvalue weighted by molar-refractivity contribution is 6.32. The number of fused-ring (bicyclic) bond motifs is 1. The molecule has 3 rings (SSSR count).